The predicted octanol–water partition coefficient (Wildman–Crippen LogP) is 3.78. The monoisotopic (exact) mass is 250 g/mol. The standard InChI is InChI=1S/C17H18N2/c1-13-8-10-14(11-9-13)16-12-17(19(2)18-16)15-6-4-3-5-7-15/h3-11,17H,12H2,1-2H3. The predicted molar refractivity (Wildman–Crippen MR) is 79.3 cm³/mol. The van der Waals surface area contributed by atoms with Crippen molar-refractivity contribution >= 4 is 5.71 Å². The SMILES string of the molecule is Cc1ccc(C2=NN(C)C(c3ccccc3)C2)cc1. The third-order valence-electron chi connectivity index (χ3n) is 3.69. The summed E-state index contributed by atoms with van der Waals surface area (Å²) in [4.78, 5) is 0. The van der Waals surface area contributed by atoms with Crippen molar-refractivity contribution in [2.24, 2.45) is 5.10 Å². The lowest BCUT2D eigenvalue weighted by Crippen LogP contribution is -2.13. The molecule has 1 aliphatic rings. The minimum atomic E-state index is 0.359. The average molecular weight is 250 g/mol. The van der Waals surface area contributed by atoms with E-state index in [4.69, 9.17) is 5.10 Å². The van der Waals surface area contributed by atoms with E-state index in [9.17, 15) is 0 Å². The van der Waals surface area contributed by atoms with Crippen LogP contribution in [0.15, 0.2) is 59.7 Å². The van der Waals surface area contributed by atoms with Gasteiger partial charge in [-0.2, -0.15) is 5.10 Å². The van der Waals surface area contributed by atoms with E-state index in [-0.39, 0.29) is 0 Å². The summed E-state index contributed by atoms with van der Waals surface area (Å²) in [6, 6.07) is 19.6. The van der Waals surface area contributed by atoms with Gasteiger partial charge in [-0.25, -0.2) is 0 Å². The maximum Gasteiger partial charge on any atom is 0.0773 e. The van der Waals surface area contributed by atoms with Crippen LogP contribution in [0.25, 0.3) is 0 Å². The molecule has 0 radical (unpaired) electrons. The van der Waals surface area contributed by atoms with Gasteiger partial charge in [0, 0.05) is 13.5 Å². The third-order valence-corrected chi connectivity index (χ3v) is 3.69. The molecule has 2 aromatic carbocycles. The molecule has 2 nitrogen and oxygen atoms in total. The fourth-order valence-corrected chi connectivity index (χ4v) is 2.55. The van der Waals surface area contributed by atoms with Crippen molar-refractivity contribution in [3.63, 3.8) is 0 Å². The van der Waals surface area contributed by atoms with Crippen molar-refractivity contribution < 1.29 is 0 Å². The van der Waals surface area contributed by atoms with Gasteiger partial charge in [-0.3, -0.25) is 5.01 Å². The second-order valence-electron chi connectivity index (χ2n) is 5.12. The third kappa shape index (κ3) is 2.39. The molecule has 2 heteroatoms. The number of benzene rings is 2. The van der Waals surface area contributed by atoms with E-state index in [1.54, 1.807) is 0 Å². The summed E-state index contributed by atoms with van der Waals surface area (Å²) < 4.78 is 0. The molecule has 2 aromatic rings. The van der Waals surface area contributed by atoms with Gasteiger partial charge >= 0.3 is 0 Å². The normalized spacial score (nSPS) is 18.5. The molecule has 0 bridgehead atoms. The van der Waals surface area contributed by atoms with Crippen molar-refractivity contribution in [2.75, 3.05) is 7.05 Å². The van der Waals surface area contributed by atoms with E-state index in [1.165, 1.54) is 22.4 Å². The van der Waals surface area contributed by atoms with Gasteiger partial charge in [0.05, 0.1) is 11.8 Å². The van der Waals surface area contributed by atoms with E-state index in [0.29, 0.717) is 6.04 Å². The molecule has 1 aliphatic heterocycles. The van der Waals surface area contributed by atoms with Gasteiger partial charge in [0.1, 0.15) is 0 Å². The lowest BCUT2D eigenvalue weighted by atomic mass is 9.98. The Morgan fingerprint density at radius 2 is 1.68 bits per heavy atom. The maximum absolute atomic E-state index is 4.70. The second-order valence-corrected chi connectivity index (χ2v) is 5.12. The van der Waals surface area contributed by atoms with Crippen LogP contribution >= 0.6 is 0 Å². The van der Waals surface area contributed by atoms with E-state index in [2.05, 4.69) is 73.6 Å². The molecule has 1 heterocycles. The Kier molecular flexibility index (Phi) is 3.08. The molecule has 0 saturated carbocycles. The minimum Gasteiger partial charge on any atom is -0.292 e. The van der Waals surface area contributed by atoms with Gasteiger partial charge in [-0.15, -0.1) is 0 Å². The maximum atomic E-state index is 4.70. The summed E-state index contributed by atoms with van der Waals surface area (Å²) in [7, 11) is 2.05. The first-order valence-electron chi connectivity index (χ1n) is 6.66. The highest BCUT2D eigenvalue weighted by Gasteiger charge is 2.25. The molecule has 0 aliphatic carbocycles. The Morgan fingerprint density at radius 1 is 1.00 bits per heavy atom. The van der Waals surface area contributed by atoms with Crippen molar-refractivity contribution in [1.29, 1.82) is 0 Å². The van der Waals surface area contributed by atoms with Crippen molar-refractivity contribution in [2.45, 2.75) is 19.4 Å². The van der Waals surface area contributed by atoms with Crippen LogP contribution in [0.5, 0.6) is 0 Å². The van der Waals surface area contributed by atoms with Crippen LogP contribution < -0.4 is 0 Å². The molecule has 0 saturated heterocycles. The summed E-state index contributed by atoms with van der Waals surface area (Å²) in [5, 5.41) is 6.77. The lowest BCUT2D eigenvalue weighted by molar-refractivity contribution is 0.290. The first-order valence-corrected chi connectivity index (χ1v) is 6.66. The number of rotatable bonds is 2. The molecule has 0 spiro atoms. The van der Waals surface area contributed by atoms with E-state index < -0.39 is 0 Å². The molecular weight excluding hydrogens is 232 g/mol. The Bertz CT molecular complexity index is 584. The summed E-state index contributed by atoms with van der Waals surface area (Å²) in [5.41, 5.74) is 5.03. The van der Waals surface area contributed by atoms with Gasteiger partial charge in [0.2, 0.25) is 0 Å². The number of hydrogen-bond acceptors (Lipinski definition) is 2. The molecule has 96 valence electrons. The lowest BCUT2D eigenvalue weighted by Gasteiger charge is -2.18. The zero-order chi connectivity index (χ0) is 13.2. The van der Waals surface area contributed by atoms with Crippen LogP contribution in [0.2, 0.25) is 0 Å². The van der Waals surface area contributed by atoms with Crippen LogP contribution in [-0.2, 0) is 0 Å². The number of nitrogens with zero attached hydrogens (tertiary/aromatic N) is 2. The Balaban J connectivity index is 1.84. The first kappa shape index (κ1) is 12.0. The summed E-state index contributed by atoms with van der Waals surface area (Å²) in [6.07, 6.45) is 0.976. The summed E-state index contributed by atoms with van der Waals surface area (Å²) >= 11 is 0. The van der Waals surface area contributed by atoms with Crippen molar-refractivity contribution in [3.05, 3.63) is 71.3 Å². The molecule has 1 atom stereocenters. The van der Waals surface area contributed by atoms with Crippen molar-refractivity contribution in [1.82, 2.24) is 5.01 Å². The highest BCUT2D eigenvalue weighted by molar-refractivity contribution is 6.01. The number of hydrazone groups is 1. The van der Waals surface area contributed by atoms with Gasteiger partial charge < -0.3 is 0 Å². The zero-order valence-corrected chi connectivity index (χ0v) is 11.4. The minimum absolute atomic E-state index is 0.359. The average Bonchev–Trinajstić information content (AvgIpc) is 2.83. The van der Waals surface area contributed by atoms with Gasteiger partial charge in [-0.1, -0.05) is 60.2 Å². The molecule has 1 unspecified atom stereocenters. The fourth-order valence-electron chi connectivity index (χ4n) is 2.55. The Hall–Kier alpha value is -2.09. The molecule has 0 amide bonds. The van der Waals surface area contributed by atoms with Crippen LogP contribution in [0.4, 0.5) is 0 Å². The molecule has 0 fully saturated rings. The Labute approximate surface area is 114 Å². The smallest absolute Gasteiger partial charge is 0.0773 e. The van der Waals surface area contributed by atoms with Gasteiger partial charge in [0.15, 0.2) is 0 Å². The highest BCUT2D eigenvalue weighted by atomic mass is 15.5. The fraction of sp³-hybridized carbons (Fsp3) is 0.235. The summed E-state index contributed by atoms with van der Waals surface area (Å²) in [6.45, 7) is 2.11. The van der Waals surface area contributed by atoms with Crippen LogP contribution in [-0.4, -0.2) is 17.8 Å². The van der Waals surface area contributed by atoms with Gasteiger partial charge in [0.25, 0.3) is 0 Å². The van der Waals surface area contributed by atoms with Crippen LogP contribution in [0.1, 0.15) is 29.2 Å². The molecule has 0 aromatic heterocycles. The van der Waals surface area contributed by atoms with E-state index >= 15 is 0 Å². The summed E-state index contributed by atoms with van der Waals surface area (Å²) in [5.74, 6) is 0. The Morgan fingerprint density at radius 3 is 2.37 bits per heavy atom. The van der Waals surface area contributed by atoms with E-state index in [0.717, 1.165) is 6.42 Å². The van der Waals surface area contributed by atoms with Crippen molar-refractivity contribution in [3.8, 4) is 0 Å². The van der Waals surface area contributed by atoms with Gasteiger partial charge in [-0.05, 0) is 18.1 Å². The quantitative estimate of drug-likeness (QED) is 0.792. The molecular formula is C17H18N2. The zero-order valence-electron chi connectivity index (χ0n) is 11.4. The molecule has 3 rings (SSSR count). The first-order chi connectivity index (χ1) is 9.24. The second kappa shape index (κ2) is 4.88. The largest absolute Gasteiger partial charge is 0.292 e. The number of aryl methyl sites for hydroxylation is 1. The topological polar surface area (TPSA) is 15.6 Å². The number of hydrogen-bond donors (Lipinski definition) is 0. The van der Waals surface area contributed by atoms with Crippen LogP contribution in [0.3, 0.4) is 0 Å². The van der Waals surface area contributed by atoms with Crippen LogP contribution in [0, 0.1) is 6.92 Å². The van der Waals surface area contributed by atoms with E-state index in [1.807, 2.05) is 0 Å². The molecule has 19 heavy (non-hydrogen) atoms. The molecule has 0 N–H and O–H groups in total. The highest BCUT2D eigenvalue weighted by Crippen LogP contribution is 2.30.